The molecule has 0 aliphatic carbocycles. The highest BCUT2D eigenvalue weighted by Crippen LogP contribution is 2.16. The zero-order valence-corrected chi connectivity index (χ0v) is 11.0. The number of carboxylic acid groups (broad SMARTS) is 1. The van der Waals surface area contributed by atoms with Crippen molar-refractivity contribution in [2.45, 2.75) is 24.9 Å². The van der Waals surface area contributed by atoms with E-state index in [1.165, 1.54) is 0 Å². The Morgan fingerprint density at radius 1 is 1.35 bits per heavy atom. The minimum Gasteiger partial charge on any atom is -0.481 e. The van der Waals surface area contributed by atoms with E-state index in [1.54, 1.807) is 12.1 Å². The number of nitrogens with one attached hydrogen (secondary N) is 2. The van der Waals surface area contributed by atoms with Crippen LogP contribution in [0.2, 0.25) is 0 Å². The van der Waals surface area contributed by atoms with E-state index in [0.717, 1.165) is 12.0 Å². The standard InChI is InChI=1S/C14H18N2O4/c17-13(18)8-12(10-4-2-1-3-5-10)16-14(19)15-11-6-7-20-9-11/h1-5,11-12H,6-9H2,(H,17,18)(H2,15,16,19). The molecule has 2 unspecified atom stereocenters. The van der Waals surface area contributed by atoms with Crippen molar-refractivity contribution in [2.75, 3.05) is 13.2 Å². The van der Waals surface area contributed by atoms with Gasteiger partial charge in [0.1, 0.15) is 0 Å². The molecule has 1 heterocycles. The van der Waals surface area contributed by atoms with E-state index in [1.807, 2.05) is 18.2 Å². The largest absolute Gasteiger partial charge is 0.481 e. The molecule has 0 spiro atoms. The van der Waals surface area contributed by atoms with E-state index < -0.39 is 12.0 Å². The van der Waals surface area contributed by atoms with Gasteiger partial charge in [0.15, 0.2) is 0 Å². The Morgan fingerprint density at radius 2 is 2.10 bits per heavy atom. The summed E-state index contributed by atoms with van der Waals surface area (Å²) >= 11 is 0. The smallest absolute Gasteiger partial charge is 0.315 e. The average Bonchev–Trinajstić information content (AvgIpc) is 2.91. The first-order chi connectivity index (χ1) is 9.65. The molecule has 1 saturated heterocycles. The van der Waals surface area contributed by atoms with Crippen LogP contribution in [0, 0.1) is 0 Å². The van der Waals surface area contributed by atoms with E-state index in [4.69, 9.17) is 9.84 Å². The molecule has 6 nitrogen and oxygen atoms in total. The van der Waals surface area contributed by atoms with Crippen LogP contribution >= 0.6 is 0 Å². The highest BCUT2D eigenvalue weighted by atomic mass is 16.5. The Hall–Kier alpha value is -2.08. The quantitative estimate of drug-likeness (QED) is 0.757. The van der Waals surface area contributed by atoms with Gasteiger partial charge in [-0.3, -0.25) is 4.79 Å². The maximum atomic E-state index is 11.9. The van der Waals surface area contributed by atoms with Crippen LogP contribution in [0.25, 0.3) is 0 Å². The molecule has 0 bridgehead atoms. The Labute approximate surface area is 117 Å². The normalized spacial score (nSPS) is 19.3. The van der Waals surface area contributed by atoms with Crippen molar-refractivity contribution in [1.82, 2.24) is 10.6 Å². The fourth-order valence-corrected chi connectivity index (χ4v) is 2.15. The zero-order valence-electron chi connectivity index (χ0n) is 11.0. The SMILES string of the molecule is O=C(O)CC(NC(=O)NC1CCOC1)c1ccccc1. The molecular formula is C14H18N2O4. The van der Waals surface area contributed by atoms with Crippen LogP contribution in [0.15, 0.2) is 30.3 Å². The lowest BCUT2D eigenvalue weighted by molar-refractivity contribution is -0.137. The van der Waals surface area contributed by atoms with Crippen LogP contribution in [0.4, 0.5) is 4.79 Å². The molecular weight excluding hydrogens is 260 g/mol. The molecule has 108 valence electrons. The third-order valence-electron chi connectivity index (χ3n) is 3.15. The second-order valence-corrected chi connectivity index (χ2v) is 4.74. The van der Waals surface area contributed by atoms with Crippen molar-refractivity contribution in [1.29, 1.82) is 0 Å². The lowest BCUT2D eigenvalue weighted by Crippen LogP contribution is -2.44. The van der Waals surface area contributed by atoms with Gasteiger partial charge in [0.25, 0.3) is 0 Å². The molecule has 2 amide bonds. The second kappa shape index (κ2) is 6.91. The fourth-order valence-electron chi connectivity index (χ4n) is 2.15. The molecule has 0 saturated carbocycles. The number of urea groups is 1. The van der Waals surface area contributed by atoms with E-state index in [9.17, 15) is 9.59 Å². The molecule has 6 heteroatoms. The monoisotopic (exact) mass is 278 g/mol. The molecule has 1 aromatic rings. The van der Waals surface area contributed by atoms with Gasteiger partial charge in [-0.25, -0.2) is 4.79 Å². The number of hydrogen-bond donors (Lipinski definition) is 3. The predicted octanol–water partition coefficient (Wildman–Crippen LogP) is 1.29. The van der Waals surface area contributed by atoms with Crippen LogP contribution in [0.1, 0.15) is 24.4 Å². The molecule has 1 fully saturated rings. The summed E-state index contributed by atoms with van der Waals surface area (Å²) in [6.45, 7) is 1.14. The summed E-state index contributed by atoms with van der Waals surface area (Å²) in [6, 6.07) is 8.15. The number of carbonyl (C=O) groups excluding carboxylic acids is 1. The van der Waals surface area contributed by atoms with Crippen molar-refractivity contribution in [3.8, 4) is 0 Å². The predicted molar refractivity (Wildman–Crippen MR) is 72.3 cm³/mol. The van der Waals surface area contributed by atoms with Gasteiger partial charge in [0.05, 0.1) is 25.1 Å². The maximum Gasteiger partial charge on any atom is 0.315 e. The van der Waals surface area contributed by atoms with Gasteiger partial charge in [0.2, 0.25) is 0 Å². The third-order valence-corrected chi connectivity index (χ3v) is 3.15. The number of amides is 2. The number of hydrogen-bond acceptors (Lipinski definition) is 3. The molecule has 3 N–H and O–H groups in total. The van der Waals surface area contributed by atoms with Crippen molar-refractivity contribution < 1.29 is 19.4 Å². The van der Waals surface area contributed by atoms with Crippen LogP contribution in [0.3, 0.4) is 0 Å². The van der Waals surface area contributed by atoms with E-state index >= 15 is 0 Å². The minimum absolute atomic E-state index is 0.00347. The third kappa shape index (κ3) is 4.24. The summed E-state index contributed by atoms with van der Waals surface area (Å²) in [4.78, 5) is 22.8. The summed E-state index contributed by atoms with van der Waals surface area (Å²) in [7, 11) is 0. The van der Waals surface area contributed by atoms with E-state index in [2.05, 4.69) is 10.6 Å². The van der Waals surface area contributed by atoms with Gasteiger partial charge in [-0.2, -0.15) is 0 Å². The van der Waals surface area contributed by atoms with Crippen molar-refractivity contribution in [3.05, 3.63) is 35.9 Å². The van der Waals surface area contributed by atoms with Crippen LogP contribution in [-0.2, 0) is 9.53 Å². The Bertz CT molecular complexity index is 458. The van der Waals surface area contributed by atoms with Crippen molar-refractivity contribution in [2.24, 2.45) is 0 Å². The fraction of sp³-hybridized carbons (Fsp3) is 0.429. The van der Waals surface area contributed by atoms with Crippen LogP contribution in [-0.4, -0.2) is 36.4 Å². The lowest BCUT2D eigenvalue weighted by Gasteiger charge is -2.19. The summed E-state index contributed by atoms with van der Waals surface area (Å²) in [5.74, 6) is -0.955. The van der Waals surface area contributed by atoms with Gasteiger partial charge < -0.3 is 20.5 Å². The Morgan fingerprint density at radius 3 is 2.70 bits per heavy atom. The molecule has 1 aromatic carbocycles. The first kappa shape index (κ1) is 14.3. The average molecular weight is 278 g/mol. The van der Waals surface area contributed by atoms with Crippen LogP contribution in [0.5, 0.6) is 0 Å². The van der Waals surface area contributed by atoms with Gasteiger partial charge >= 0.3 is 12.0 Å². The number of rotatable bonds is 5. The highest BCUT2D eigenvalue weighted by molar-refractivity contribution is 5.76. The first-order valence-electron chi connectivity index (χ1n) is 6.56. The molecule has 1 aliphatic rings. The molecule has 2 atom stereocenters. The number of aliphatic carboxylic acids is 1. The minimum atomic E-state index is -0.955. The first-order valence-corrected chi connectivity index (χ1v) is 6.56. The number of carbonyl (C=O) groups is 2. The zero-order chi connectivity index (χ0) is 14.4. The number of carboxylic acids is 1. The topological polar surface area (TPSA) is 87.7 Å². The summed E-state index contributed by atoms with van der Waals surface area (Å²) < 4.78 is 5.18. The van der Waals surface area contributed by atoms with Gasteiger partial charge in [-0.05, 0) is 12.0 Å². The second-order valence-electron chi connectivity index (χ2n) is 4.74. The molecule has 2 rings (SSSR count). The lowest BCUT2D eigenvalue weighted by atomic mass is 10.0. The van der Waals surface area contributed by atoms with E-state index in [-0.39, 0.29) is 18.5 Å². The van der Waals surface area contributed by atoms with E-state index in [0.29, 0.717) is 13.2 Å². The molecule has 0 aromatic heterocycles. The molecule has 0 radical (unpaired) electrons. The highest BCUT2D eigenvalue weighted by Gasteiger charge is 2.21. The summed E-state index contributed by atoms with van der Waals surface area (Å²) in [5.41, 5.74) is 0.771. The molecule has 20 heavy (non-hydrogen) atoms. The van der Waals surface area contributed by atoms with Gasteiger partial charge in [-0.1, -0.05) is 30.3 Å². The molecule has 1 aliphatic heterocycles. The van der Waals surface area contributed by atoms with Crippen LogP contribution < -0.4 is 10.6 Å². The number of ether oxygens (including phenoxy) is 1. The maximum absolute atomic E-state index is 11.9. The Kier molecular flexibility index (Phi) is 4.95. The van der Waals surface area contributed by atoms with Crippen molar-refractivity contribution in [3.63, 3.8) is 0 Å². The number of benzene rings is 1. The Balaban J connectivity index is 1.96. The van der Waals surface area contributed by atoms with Gasteiger partial charge in [-0.15, -0.1) is 0 Å². The van der Waals surface area contributed by atoms with Crippen molar-refractivity contribution >= 4 is 12.0 Å². The van der Waals surface area contributed by atoms with Gasteiger partial charge in [0, 0.05) is 6.61 Å². The summed E-state index contributed by atoms with van der Waals surface area (Å²) in [5, 5.41) is 14.4. The summed E-state index contributed by atoms with van der Waals surface area (Å²) in [6.07, 6.45) is 0.626.